The Hall–Kier alpha value is -1.90. The van der Waals surface area contributed by atoms with Crippen LogP contribution in [0.4, 0.5) is 8.78 Å². The number of alkyl halides is 2. The number of aryl methyl sites for hydroxylation is 3. The zero-order valence-corrected chi connectivity index (χ0v) is 11.4. The summed E-state index contributed by atoms with van der Waals surface area (Å²) in [6, 6.07) is 15.0. The predicted octanol–water partition coefficient (Wildman–Crippen LogP) is 4.90. The molecule has 1 nitrogen and oxygen atoms in total. The van der Waals surface area contributed by atoms with Crippen molar-refractivity contribution in [3.8, 4) is 5.75 Å². The molecule has 0 unspecified atom stereocenters. The Morgan fingerprint density at radius 2 is 1.26 bits per heavy atom. The molecule has 0 bridgehead atoms. The van der Waals surface area contributed by atoms with Crippen LogP contribution in [0.5, 0.6) is 5.75 Å². The van der Waals surface area contributed by atoms with Crippen molar-refractivity contribution in [3.05, 3.63) is 65.2 Å². The predicted molar refractivity (Wildman–Crippen MR) is 73.7 cm³/mol. The molecule has 3 heteroatoms. The zero-order chi connectivity index (χ0) is 14.3. The Morgan fingerprint density at radius 3 is 1.63 bits per heavy atom. The van der Waals surface area contributed by atoms with E-state index in [0.29, 0.717) is 0 Å². The molecule has 0 amide bonds. The number of benzene rings is 2. The minimum Gasteiger partial charge on any atom is -0.435 e. The summed E-state index contributed by atoms with van der Waals surface area (Å²) in [6.45, 7) is 3.29. The molecule has 19 heavy (non-hydrogen) atoms. The number of rotatable bonds is 2. The highest BCUT2D eigenvalue weighted by Gasteiger charge is 2.02. The van der Waals surface area contributed by atoms with Crippen LogP contribution < -0.4 is 4.74 Å². The third kappa shape index (κ3) is 6.55. The van der Waals surface area contributed by atoms with Gasteiger partial charge in [0.25, 0.3) is 0 Å². The highest BCUT2D eigenvalue weighted by molar-refractivity contribution is 5.27. The van der Waals surface area contributed by atoms with Crippen LogP contribution in [0.1, 0.15) is 16.7 Å². The summed E-state index contributed by atoms with van der Waals surface area (Å²) in [5.74, 6) is 0.208. The maximum Gasteiger partial charge on any atom is 0.387 e. The van der Waals surface area contributed by atoms with E-state index in [0.717, 1.165) is 5.56 Å². The molecule has 2 rings (SSSR count). The van der Waals surface area contributed by atoms with Gasteiger partial charge in [0.05, 0.1) is 0 Å². The highest BCUT2D eigenvalue weighted by Crippen LogP contribution is 2.14. The zero-order valence-electron chi connectivity index (χ0n) is 11.4. The summed E-state index contributed by atoms with van der Waals surface area (Å²) in [5, 5.41) is 0. The van der Waals surface area contributed by atoms with E-state index in [2.05, 4.69) is 42.8 Å². The second kappa shape index (κ2) is 7.52. The van der Waals surface area contributed by atoms with E-state index in [1.165, 1.54) is 17.2 Å². The average molecular weight is 264 g/mol. The van der Waals surface area contributed by atoms with Crippen LogP contribution in [0, 0.1) is 20.8 Å². The van der Waals surface area contributed by atoms with Gasteiger partial charge in [-0.1, -0.05) is 47.5 Å². The normalized spacial score (nSPS) is 9.79. The van der Waals surface area contributed by atoms with Crippen LogP contribution in [-0.4, -0.2) is 6.61 Å². The maximum atomic E-state index is 11.6. The van der Waals surface area contributed by atoms with Gasteiger partial charge in [0.2, 0.25) is 0 Å². The topological polar surface area (TPSA) is 9.23 Å². The molecule has 2 aromatic rings. The SMILES string of the molecule is Cc1cccc(C)c1.Cc1cccc(OC(F)F)c1. The first-order valence-corrected chi connectivity index (χ1v) is 6.02. The lowest BCUT2D eigenvalue weighted by atomic mass is 10.2. The van der Waals surface area contributed by atoms with Crippen molar-refractivity contribution < 1.29 is 13.5 Å². The van der Waals surface area contributed by atoms with Crippen molar-refractivity contribution in [2.45, 2.75) is 27.4 Å². The van der Waals surface area contributed by atoms with Gasteiger partial charge < -0.3 is 4.74 Å². The molecule has 0 aliphatic heterocycles. The lowest BCUT2D eigenvalue weighted by molar-refractivity contribution is -0.0498. The van der Waals surface area contributed by atoms with Crippen LogP contribution in [0.2, 0.25) is 0 Å². The Balaban J connectivity index is 0.000000200. The molecule has 0 heterocycles. The molecule has 0 aliphatic carbocycles. The van der Waals surface area contributed by atoms with Crippen molar-refractivity contribution in [3.63, 3.8) is 0 Å². The van der Waals surface area contributed by atoms with Gasteiger partial charge in [-0.3, -0.25) is 0 Å². The lowest BCUT2D eigenvalue weighted by Crippen LogP contribution is -2.01. The molecule has 102 valence electrons. The minimum absolute atomic E-state index is 0.208. The van der Waals surface area contributed by atoms with Crippen LogP contribution >= 0.6 is 0 Å². The van der Waals surface area contributed by atoms with Crippen LogP contribution in [0.15, 0.2) is 48.5 Å². The van der Waals surface area contributed by atoms with E-state index in [1.807, 2.05) is 13.0 Å². The van der Waals surface area contributed by atoms with Crippen LogP contribution in [0.25, 0.3) is 0 Å². The standard InChI is InChI=1S/C8H8F2O.C8H10/c1-6-3-2-4-7(5-6)11-8(9)10;1-7-4-3-5-8(2)6-7/h2-5,8H,1H3;3-6H,1-2H3. The Morgan fingerprint density at radius 1 is 0.789 bits per heavy atom. The second-order valence-electron chi connectivity index (χ2n) is 4.35. The van der Waals surface area contributed by atoms with Gasteiger partial charge in [0.1, 0.15) is 5.75 Å². The number of hydrogen-bond donors (Lipinski definition) is 0. The third-order valence-electron chi connectivity index (χ3n) is 2.39. The minimum atomic E-state index is -2.74. The smallest absolute Gasteiger partial charge is 0.387 e. The maximum absolute atomic E-state index is 11.6. The molecule has 0 aliphatic rings. The van der Waals surface area contributed by atoms with E-state index >= 15 is 0 Å². The fraction of sp³-hybridized carbons (Fsp3) is 0.250. The highest BCUT2D eigenvalue weighted by atomic mass is 19.3. The first kappa shape index (κ1) is 15.2. The van der Waals surface area contributed by atoms with Gasteiger partial charge in [0, 0.05) is 0 Å². The van der Waals surface area contributed by atoms with E-state index in [4.69, 9.17) is 0 Å². The summed E-state index contributed by atoms with van der Waals surface area (Å²) in [5.41, 5.74) is 3.58. The molecule has 2 aromatic carbocycles. The van der Waals surface area contributed by atoms with Gasteiger partial charge in [0.15, 0.2) is 0 Å². The molecule has 0 atom stereocenters. The van der Waals surface area contributed by atoms with Crippen molar-refractivity contribution >= 4 is 0 Å². The van der Waals surface area contributed by atoms with Gasteiger partial charge in [-0.15, -0.1) is 0 Å². The fourth-order valence-corrected chi connectivity index (χ4v) is 1.60. The average Bonchev–Trinajstić information content (AvgIpc) is 2.28. The van der Waals surface area contributed by atoms with Crippen molar-refractivity contribution in [2.24, 2.45) is 0 Å². The van der Waals surface area contributed by atoms with Crippen molar-refractivity contribution in [1.29, 1.82) is 0 Å². The second-order valence-corrected chi connectivity index (χ2v) is 4.35. The molecule has 0 saturated carbocycles. The molecule has 0 saturated heterocycles. The third-order valence-corrected chi connectivity index (χ3v) is 2.39. The quantitative estimate of drug-likeness (QED) is 0.749. The summed E-state index contributed by atoms with van der Waals surface area (Å²) >= 11 is 0. The Kier molecular flexibility index (Phi) is 6.00. The van der Waals surface area contributed by atoms with E-state index in [-0.39, 0.29) is 5.75 Å². The van der Waals surface area contributed by atoms with E-state index in [9.17, 15) is 8.78 Å². The first-order valence-electron chi connectivity index (χ1n) is 6.02. The Labute approximate surface area is 112 Å². The van der Waals surface area contributed by atoms with Gasteiger partial charge in [-0.05, 0) is 38.5 Å². The van der Waals surface area contributed by atoms with Crippen LogP contribution in [0.3, 0.4) is 0 Å². The number of ether oxygens (including phenoxy) is 1. The summed E-state index contributed by atoms with van der Waals surface area (Å²) in [4.78, 5) is 0. The molecular weight excluding hydrogens is 246 g/mol. The Bertz CT molecular complexity index is 492. The van der Waals surface area contributed by atoms with Crippen molar-refractivity contribution in [2.75, 3.05) is 0 Å². The fourth-order valence-electron chi connectivity index (χ4n) is 1.60. The number of hydrogen-bond acceptors (Lipinski definition) is 1. The molecule has 0 fully saturated rings. The molecule has 0 radical (unpaired) electrons. The molecular formula is C16H18F2O. The van der Waals surface area contributed by atoms with Gasteiger partial charge in [-0.2, -0.15) is 8.78 Å². The summed E-state index contributed by atoms with van der Waals surface area (Å²) in [6.07, 6.45) is 0. The van der Waals surface area contributed by atoms with Gasteiger partial charge >= 0.3 is 6.61 Å². The first-order chi connectivity index (χ1) is 8.97. The van der Waals surface area contributed by atoms with Crippen LogP contribution in [-0.2, 0) is 0 Å². The summed E-state index contributed by atoms with van der Waals surface area (Å²) < 4.78 is 27.4. The van der Waals surface area contributed by atoms with Gasteiger partial charge in [-0.25, -0.2) is 0 Å². The molecule has 0 N–H and O–H groups in total. The number of halogens is 2. The largest absolute Gasteiger partial charge is 0.435 e. The summed E-state index contributed by atoms with van der Waals surface area (Å²) in [7, 11) is 0. The van der Waals surface area contributed by atoms with E-state index in [1.54, 1.807) is 12.1 Å². The lowest BCUT2D eigenvalue weighted by Gasteiger charge is -2.03. The monoisotopic (exact) mass is 264 g/mol. The molecule has 0 spiro atoms. The van der Waals surface area contributed by atoms with Crippen molar-refractivity contribution in [1.82, 2.24) is 0 Å². The van der Waals surface area contributed by atoms with E-state index < -0.39 is 6.61 Å². The molecule has 0 aromatic heterocycles.